The minimum absolute atomic E-state index is 0.0304. The number of ketones is 1. The molecular formula is C13H11NO3. The largest absolute Gasteiger partial charge is 0.465 e. The highest BCUT2D eigenvalue weighted by atomic mass is 16.5. The average molecular weight is 229 g/mol. The molecule has 0 bridgehead atoms. The predicted molar refractivity (Wildman–Crippen MR) is 63.1 cm³/mol. The van der Waals surface area contributed by atoms with Gasteiger partial charge < -0.3 is 4.74 Å². The maximum Gasteiger partial charge on any atom is 0.338 e. The number of esters is 1. The number of Topliss-reactive ketones (excluding diaryl/α,β-unsaturated/α-hetero) is 1. The molecule has 0 atom stereocenters. The van der Waals surface area contributed by atoms with E-state index in [-0.39, 0.29) is 5.78 Å². The molecular weight excluding hydrogens is 218 g/mol. The molecule has 0 saturated carbocycles. The van der Waals surface area contributed by atoms with Crippen molar-refractivity contribution in [2.45, 2.75) is 6.92 Å². The Morgan fingerprint density at radius 1 is 1.24 bits per heavy atom. The Labute approximate surface area is 98.2 Å². The lowest BCUT2D eigenvalue weighted by Crippen LogP contribution is -2.03. The van der Waals surface area contributed by atoms with E-state index in [1.165, 1.54) is 20.2 Å². The van der Waals surface area contributed by atoms with Gasteiger partial charge in [-0.1, -0.05) is 12.1 Å². The summed E-state index contributed by atoms with van der Waals surface area (Å²) in [4.78, 5) is 26.9. The van der Waals surface area contributed by atoms with Crippen LogP contribution >= 0.6 is 0 Å². The lowest BCUT2D eigenvalue weighted by atomic mass is 10.1. The second kappa shape index (κ2) is 4.33. The molecule has 4 nitrogen and oxygen atoms in total. The van der Waals surface area contributed by atoms with Crippen molar-refractivity contribution in [2.24, 2.45) is 0 Å². The van der Waals surface area contributed by atoms with Crippen molar-refractivity contribution in [3.63, 3.8) is 0 Å². The van der Waals surface area contributed by atoms with Gasteiger partial charge in [0.2, 0.25) is 0 Å². The van der Waals surface area contributed by atoms with Crippen LogP contribution in [0.4, 0.5) is 0 Å². The van der Waals surface area contributed by atoms with Gasteiger partial charge in [0.05, 0.1) is 18.2 Å². The van der Waals surface area contributed by atoms with Crippen LogP contribution < -0.4 is 0 Å². The van der Waals surface area contributed by atoms with Crippen LogP contribution in [0.5, 0.6) is 0 Å². The van der Waals surface area contributed by atoms with Gasteiger partial charge >= 0.3 is 5.97 Å². The number of hydrogen-bond donors (Lipinski definition) is 0. The molecule has 0 N–H and O–H groups in total. The van der Waals surface area contributed by atoms with E-state index < -0.39 is 5.97 Å². The van der Waals surface area contributed by atoms with Crippen LogP contribution in [0.1, 0.15) is 27.6 Å². The van der Waals surface area contributed by atoms with Crippen LogP contribution in [0.25, 0.3) is 10.9 Å². The molecule has 2 aromatic rings. The smallest absolute Gasteiger partial charge is 0.338 e. The molecule has 0 saturated heterocycles. The zero-order valence-corrected chi connectivity index (χ0v) is 9.56. The molecule has 0 aliphatic heterocycles. The van der Waals surface area contributed by atoms with Crippen molar-refractivity contribution in [1.82, 2.24) is 4.98 Å². The quantitative estimate of drug-likeness (QED) is 0.585. The van der Waals surface area contributed by atoms with E-state index in [1.807, 2.05) is 0 Å². The van der Waals surface area contributed by atoms with E-state index in [0.717, 1.165) is 0 Å². The summed E-state index contributed by atoms with van der Waals surface area (Å²) in [7, 11) is 1.33. The molecule has 17 heavy (non-hydrogen) atoms. The monoisotopic (exact) mass is 229 g/mol. The Hall–Kier alpha value is -2.23. The highest BCUT2D eigenvalue weighted by molar-refractivity contribution is 6.05. The van der Waals surface area contributed by atoms with Crippen molar-refractivity contribution < 1.29 is 14.3 Å². The van der Waals surface area contributed by atoms with E-state index in [0.29, 0.717) is 22.0 Å². The van der Waals surface area contributed by atoms with Gasteiger partial charge in [0.15, 0.2) is 5.78 Å². The third-order valence-corrected chi connectivity index (χ3v) is 2.55. The first-order valence-corrected chi connectivity index (χ1v) is 5.11. The molecule has 1 aromatic heterocycles. The Kier molecular flexibility index (Phi) is 2.87. The fourth-order valence-electron chi connectivity index (χ4n) is 1.66. The third-order valence-electron chi connectivity index (χ3n) is 2.55. The Bertz CT molecular complexity index is 605. The van der Waals surface area contributed by atoms with Crippen LogP contribution in [-0.4, -0.2) is 23.8 Å². The number of nitrogens with zero attached hydrogens (tertiary/aromatic N) is 1. The maximum atomic E-state index is 11.5. The summed E-state index contributed by atoms with van der Waals surface area (Å²) in [5.74, 6) is -0.440. The average Bonchev–Trinajstić information content (AvgIpc) is 2.36. The molecule has 0 fully saturated rings. The van der Waals surface area contributed by atoms with Gasteiger partial charge in [0.25, 0.3) is 0 Å². The number of pyridine rings is 1. The third kappa shape index (κ3) is 2.01. The van der Waals surface area contributed by atoms with E-state index in [4.69, 9.17) is 0 Å². The lowest BCUT2D eigenvalue weighted by molar-refractivity contribution is 0.0603. The first-order chi connectivity index (χ1) is 8.13. The normalized spacial score (nSPS) is 10.2. The topological polar surface area (TPSA) is 56.3 Å². The molecule has 0 spiro atoms. The summed E-state index contributed by atoms with van der Waals surface area (Å²) in [5, 5.41) is 0.685. The molecule has 4 heteroatoms. The Morgan fingerprint density at radius 3 is 2.65 bits per heavy atom. The number of carbonyl (C=O) groups is 2. The standard InChI is InChI=1S/C13H11NO3/c1-8(15)9-3-4-10-11(13(16)17-2)5-6-14-12(10)7-9/h3-7H,1-2H3. The highest BCUT2D eigenvalue weighted by Gasteiger charge is 2.11. The molecule has 0 aliphatic rings. The van der Waals surface area contributed by atoms with Crippen molar-refractivity contribution in [3.05, 3.63) is 41.6 Å². The fraction of sp³-hybridized carbons (Fsp3) is 0.154. The van der Waals surface area contributed by atoms with Crippen molar-refractivity contribution in [2.75, 3.05) is 7.11 Å². The second-order valence-corrected chi connectivity index (χ2v) is 3.64. The van der Waals surface area contributed by atoms with Crippen LogP contribution in [0.2, 0.25) is 0 Å². The number of methoxy groups -OCH3 is 1. The summed E-state index contributed by atoms with van der Waals surface area (Å²) in [6.07, 6.45) is 1.53. The summed E-state index contributed by atoms with van der Waals surface area (Å²) >= 11 is 0. The Balaban J connectivity index is 2.67. The van der Waals surface area contributed by atoms with E-state index in [2.05, 4.69) is 9.72 Å². The molecule has 0 aliphatic carbocycles. The zero-order valence-electron chi connectivity index (χ0n) is 9.56. The van der Waals surface area contributed by atoms with Crippen LogP contribution in [0.15, 0.2) is 30.5 Å². The van der Waals surface area contributed by atoms with Crippen molar-refractivity contribution in [1.29, 1.82) is 0 Å². The summed E-state index contributed by atoms with van der Waals surface area (Å²) < 4.78 is 4.69. The van der Waals surface area contributed by atoms with Crippen molar-refractivity contribution >= 4 is 22.7 Å². The van der Waals surface area contributed by atoms with E-state index in [1.54, 1.807) is 24.3 Å². The van der Waals surface area contributed by atoms with Gasteiger partial charge in [-0.15, -0.1) is 0 Å². The number of benzene rings is 1. The molecule has 2 rings (SSSR count). The summed E-state index contributed by atoms with van der Waals surface area (Å²) in [6.45, 7) is 1.49. The van der Waals surface area contributed by atoms with E-state index >= 15 is 0 Å². The fourth-order valence-corrected chi connectivity index (χ4v) is 1.66. The maximum absolute atomic E-state index is 11.5. The van der Waals surface area contributed by atoms with Gasteiger partial charge in [0.1, 0.15) is 0 Å². The van der Waals surface area contributed by atoms with Gasteiger partial charge in [-0.3, -0.25) is 9.78 Å². The van der Waals surface area contributed by atoms with Gasteiger partial charge in [-0.25, -0.2) is 4.79 Å². The van der Waals surface area contributed by atoms with E-state index in [9.17, 15) is 9.59 Å². The lowest BCUT2D eigenvalue weighted by Gasteiger charge is -2.04. The van der Waals surface area contributed by atoms with Gasteiger partial charge in [-0.2, -0.15) is 0 Å². The molecule has 0 unspecified atom stereocenters. The number of carbonyl (C=O) groups excluding carboxylic acids is 2. The molecule has 86 valence electrons. The predicted octanol–water partition coefficient (Wildman–Crippen LogP) is 2.22. The molecule has 0 radical (unpaired) electrons. The van der Waals surface area contributed by atoms with Gasteiger partial charge in [0, 0.05) is 17.1 Å². The molecule has 1 aromatic carbocycles. The van der Waals surface area contributed by atoms with Crippen LogP contribution in [0.3, 0.4) is 0 Å². The number of rotatable bonds is 2. The van der Waals surface area contributed by atoms with Gasteiger partial charge in [-0.05, 0) is 19.1 Å². The van der Waals surface area contributed by atoms with Crippen LogP contribution in [-0.2, 0) is 4.74 Å². The number of hydrogen-bond acceptors (Lipinski definition) is 4. The minimum atomic E-state index is -0.409. The zero-order chi connectivity index (χ0) is 12.4. The van der Waals surface area contributed by atoms with Crippen molar-refractivity contribution in [3.8, 4) is 0 Å². The highest BCUT2D eigenvalue weighted by Crippen LogP contribution is 2.19. The minimum Gasteiger partial charge on any atom is -0.465 e. The number of aromatic nitrogens is 1. The first-order valence-electron chi connectivity index (χ1n) is 5.11. The van der Waals surface area contributed by atoms with Crippen LogP contribution in [0, 0.1) is 0 Å². The SMILES string of the molecule is COC(=O)c1ccnc2cc(C(C)=O)ccc12. The summed E-state index contributed by atoms with van der Waals surface area (Å²) in [6, 6.07) is 6.66. The first kappa shape index (κ1) is 11.3. The molecule has 0 amide bonds. The number of fused-ring (bicyclic) bond motifs is 1. The molecule has 1 heterocycles. The summed E-state index contributed by atoms with van der Waals surface area (Å²) in [5.41, 5.74) is 1.64. The Morgan fingerprint density at radius 2 is 2.00 bits per heavy atom. The second-order valence-electron chi connectivity index (χ2n) is 3.64. The number of ether oxygens (including phenoxy) is 1.